The zero-order valence-electron chi connectivity index (χ0n) is 13.2. The minimum atomic E-state index is -0.136. The molecular formula is C17H21N5O. The van der Waals surface area contributed by atoms with Gasteiger partial charge in [0.25, 0.3) is 0 Å². The molecular weight excluding hydrogens is 290 g/mol. The fourth-order valence-electron chi connectivity index (χ4n) is 2.87. The van der Waals surface area contributed by atoms with Gasteiger partial charge in [-0.25, -0.2) is 14.8 Å². The van der Waals surface area contributed by atoms with E-state index in [2.05, 4.69) is 32.3 Å². The molecule has 1 fully saturated rings. The van der Waals surface area contributed by atoms with Gasteiger partial charge < -0.3 is 9.80 Å². The Morgan fingerprint density at radius 3 is 2.87 bits per heavy atom. The molecule has 3 rings (SSSR count). The van der Waals surface area contributed by atoms with Crippen molar-refractivity contribution < 1.29 is 4.79 Å². The van der Waals surface area contributed by atoms with Gasteiger partial charge in [0.2, 0.25) is 0 Å². The predicted molar refractivity (Wildman–Crippen MR) is 90.5 cm³/mol. The summed E-state index contributed by atoms with van der Waals surface area (Å²) in [5.74, 6) is 0.521. The van der Waals surface area contributed by atoms with E-state index >= 15 is 0 Å². The molecule has 0 bridgehead atoms. The Labute approximate surface area is 136 Å². The Morgan fingerprint density at radius 1 is 1.30 bits per heavy atom. The zero-order chi connectivity index (χ0) is 16.1. The van der Waals surface area contributed by atoms with Gasteiger partial charge in [0, 0.05) is 32.0 Å². The second kappa shape index (κ2) is 7.09. The maximum atomic E-state index is 12.4. The number of nitrogens with one attached hydrogen (secondary N) is 1. The fourth-order valence-corrected chi connectivity index (χ4v) is 2.87. The quantitative estimate of drug-likeness (QED) is 0.946. The lowest BCUT2D eigenvalue weighted by Gasteiger charge is -2.38. The summed E-state index contributed by atoms with van der Waals surface area (Å²) >= 11 is 0. The molecule has 0 aliphatic carbocycles. The summed E-state index contributed by atoms with van der Waals surface area (Å²) in [4.78, 5) is 24.4. The lowest BCUT2D eigenvalue weighted by atomic mass is 10.0. The van der Waals surface area contributed by atoms with Crippen LogP contribution in [0, 0.1) is 0 Å². The molecule has 1 atom stereocenters. The topological polar surface area (TPSA) is 61.4 Å². The van der Waals surface area contributed by atoms with Crippen molar-refractivity contribution in [2.45, 2.75) is 18.9 Å². The number of rotatable bonds is 3. The Morgan fingerprint density at radius 2 is 2.13 bits per heavy atom. The van der Waals surface area contributed by atoms with E-state index in [1.165, 1.54) is 12.0 Å². The summed E-state index contributed by atoms with van der Waals surface area (Å²) in [6.45, 7) is 1.87. The highest BCUT2D eigenvalue weighted by Gasteiger charge is 2.26. The summed E-state index contributed by atoms with van der Waals surface area (Å²) < 4.78 is 0. The number of amides is 2. The van der Waals surface area contributed by atoms with Crippen LogP contribution in [0.25, 0.3) is 0 Å². The number of urea groups is 1. The number of anilines is 2. The Kier molecular flexibility index (Phi) is 4.71. The molecule has 1 aliphatic rings. The number of carbonyl (C=O) groups excluding carboxylic acids is 1. The van der Waals surface area contributed by atoms with Crippen molar-refractivity contribution in [1.29, 1.82) is 0 Å². The maximum Gasteiger partial charge on any atom is 0.323 e. The van der Waals surface area contributed by atoms with Gasteiger partial charge in [-0.15, -0.1) is 0 Å². The lowest BCUT2D eigenvalue weighted by Crippen LogP contribution is -2.49. The third kappa shape index (κ3) is 3.77. The highest BCUT2D eigenvalue weighted by atomic mass is 16.2. The number of hydrogen-bond donors (Lipinski definition) is 1. The van der Waals surface area contributed by atoms with Gasteiger partial charge >= 0.3 is 6.03 Å². The van der Waals surface area contributed by atoms with Crippen LogP contribution < -0.4 is 10.2 Å². The van der Waals surface area contributed by atoms with E-state index in [0.717, 1.165) is 25.9 Å². The molecule has 0 saturated carbocycles. The van der Waals surface area contributed by atoms with E-state index in [4.69, 9.17) is 0 Å². The number of benzene rings is 1. The molecule has 6 heteroatoms. The van der Waals surface area contributed by atoms with Crippen LogP contribution in [0.4, 0.5) is 16.3 Å². The molecule has 0 spiro atoms. The van der Waals surface area contributed by atoms with Crippen LogP contribution in [-0.4, -0.2) is 47.1 Å². The second-order valence-corrected chi connectivity index (χ2v) is 5.71. The Bertz CT molecular complexity index is 634. The number of carbonyl (C=O) groups is 1. The third-order valence-corrected chi connectivity index (χ3v) is 4.20. The molecule has 1 saturated heterocycles. The average Bonchev–Trinajstić information content (AvgIpc) is 2.63. The van der Waals surface area contributed by atoms with Gasteiger partial charge in [-0.05, 0) is 31.0 Å². The molecule has 2 amide bonds. The number of hydrogen-bond acceptors (Lipinski definition) is 4. The maximum absolute atomic E-state index is 12.4. The molecule has 2 heterocycles. The molecule has 1 unspecified atom stereocenters. The highest BCUT2D eigenvalue weighted by Crippen LogP contribution is 2.22. The zero-order valence-corrected chi connectivity index (χ0v) is 13.2. The van der Waals surface area contributed by atoms with Crippen LogP contribution in [0.1, 0.15) is 12.8 Å². The van der Waals surface area contributed by atoms with E-state index in [0.29, 0.717) is 5.82 Å². The SMILES string of the molecule is CN(C(=O)Nc1ccncn1)C1CCCN(c2ccccc2)C1. The van der Waals surface area contributed by atoms with Crippen molar-refractivity contribution in [2.24, 2.45) is 0 Å². The van der Waals surface area contributed by atoms with Crippen molar-refractivity contribution >= 4 is 17.5 Å². The largest absolute Gasteiger partial charge is 0.369 e. The van der Waals surface area contributed by atoms with Crippen LogP contribution in [0.15, 0.2) is 48.9 Å². The van der Waals surface area contributed by atoms with Crippen molar-refractivity contribution in [3.8, 4) is 0 Å². The minimum Gasteiger partial charge on any atom is -0.369 e. The van der Waals surface area contributed by atoms with E-state index in [-0.39, 0.29) is 12.1 Å². The average molecular weight is 311 g/mol. The smallest absolute Gasteiger partial charge is 0.323 e. The van der Waals surface area contributed by atoms with Crippen molar-refractivity contribution in [1.82, 2.24) is 14.9 Å². The highest BCUT2D eigenvalue weighted by molar-refractivity contribution is 5.88. The predicted octanol–water partition coefficient (Wildman–Crippen LogP) is 2.61. The molecule has 6 nitrogen and oxygen atoms in total. The van der Waals surface area contributed by atoms with Crippen LogP contribution >= 0.6 is 0 Å². The van der Waals surface area contributed by atoms with Gasteiger partial charge in [-0.1, -0.05) is 18.2 Å². The molecule has 1 N–H and O–H groups in total. The molecule has 1 aliphatic heterocycles. The first-order chi connectivity index (χ1) is 11.2. The van der Waals surface area contributed by atoms with Gasteiger partial charge in [-0.2, -0.15) is 0 Å². The van der Waals surface area contributed by atoms with Crippen LogP contribution in [-0.2, 0) is 0 Å². The lowest BCUT2D eigenvalue weighted by molar-refractivity contribution is 0.196. The molecule has 2 aromatic rings. The van der Waals surface area contributed by atoms with Crippen LogP contribution in [0.2, 0.25) is 0 Å². The second-order valence-electron chi connectivity index (χ2n) is 5.71. The Balaban J connectivity index is 1.62. The fraction of sp³-hybridized carbons (Fsp3) is 0.353. The first-order valence-electron chi connectivity index (χ1n) is 7.84. The molecule has 1 aromatic heterocycles. The number of piperidine rings is 1. The van der Waals surface area contributed by atoms with Gasteiger partial charge in [0.05, 0.1) is 6.04 Å². The Hall–Kier alpha value is -2.63. The number of aromatic nitrogens is 2. The first kappa shape index (κ1) is 15.3. The van der Waals surface area contributed by atoms with Gasteiger partial charge in [0.15, 0.2) is 0 Å². The van der Waals surface area contributed by atoms with Crippen molar-refractivity contribution in [3.63, 3.8) is 0 Å². The summed E-state index contributed by atoms with van der Waals surface area (Å²) in [5, 5.41) is 2.81. The standard InChI is InChI=1S/C17H21N5O/c1-21(17(23)20-16-9-10-18-13-19-16)15-8-5-11-22(12-15)14-6-3-2-4-7-14/h2-4,6-7,9-10,13,15H,5,8,11-12H2,1H3,(H,18,19,20,23). The van der Waals surface area contributed by atoms with Gasteiger partial charge in [-0.3, -0.25) is 5.32 Å². The van der Waals surface area contributed by atoms with Crippen molar-refractivity contribution in [3.05, 3.63) is 48.9 Å². The van der Waals surface area contributed by atoms with E-state index in [1.807, 2.05) is 25.2 Å². The third-order valence-electron chi connectivity index (χ3n) is 4.20. The first-order valence-corrected chi connectivity index (χ1v) is 7.84. The summed E-state index contributed by atoms with van der Waals surface area (Å²) in [5.41, 5.74) is 1.21. The number of likely N-dealkylation sites (N-methyl/N-ethyl adjacent to an activating group) is 1. The van der Waals surface area contributed by atoms with Crippen LogP contribution in [0.5, 0.6) is 0 Å². The summed E-state index contributed by atoms with van der Waals surface area (Å²) in [6.07, 6.45) is 5.12. The monoisotopic (exact) mass is 311 g/mol. The molecule has 0 radical (unpaired) electrons. The van der Waals surface area contributed by atoms with E-state index in [1.54, 1.807) is 17.2 Å². The molecule has 23 heavy (non-hydrogen) atoms. The summed E-state index contributed by atoms with van der Waals surface area (Å²) in [7, 11) is 1.84. The summed E-state index contributed by atoms with van der Waals surface area (Å²) in [6, 6.07) is 12.1. The number of para-hydroxylation sites is 1. The number of nitrogens with zero attached hydrogens (tertiary/aromatic N) is 4. The molecule has 120 valence electrons. The molecule has 1 aromatic carbocycles. The van der Waals surface area contributed by atoms with E-state index in [9.17, 15) is 4.79 Å². The van der Waals surface area contributed by atoms with Crippen LogP contribution in [0.3, 0.4) is 0 Å². The van der Waals surface area contributed by atoms with Crippen molar-refractivity contribution in [2.75, 3.05) is 30.4 Å². The van der Waals surface area contributed by atoms with E-state index < -0.39 is 0 Å². The minimum absolute atomic E-state index is 0.136. The van der Waals surface area contributed by atoms with Gasteiger partial charge in [0.1, 0.15) is 12.1 Å². The normalized spacial score (nSPS) is 17.6.